The highest BCUT2D eigenvalue weighted by molar-refractivity contribution is 6.03. The van der Waals surface area contributed by atoms with Gasteiger partial charge in [0.1, 0.15) is 0 Å². The lowest BCUT2D eigenvalue weighted by Gasteiger charge is -2.59. The lowest BCUT2D eigenvalue weighted by Crippen LogP contribution is -2.68. The smallest absolute Gasteiger partial charge is 0.332 e. The van der Waals surface area contributed by atoms with Gasteiger partial charge in [-0.15, -0.1) is 0 Å². The number of allylic oxidation sites excluding steroid dienone is 22. The summed E-state index contributed by atoms with van der Waals surface area (Å²) in [4.78, 5) is 69.6. The highest BCUT2D eigenvalue weighted by Gasteiger charge is 2.77. The van der Waals surface area contributed by atoms with Gasteiger partial charge in [-0.3, -0.25) is 14.4 Å². The van der Waals surface area contributed by atoms with Gasteiger partial charge in [0.25, 0.3) is 0 Å². The highest BCUT2D eigenvalue weighted by atomic mass is 19.1. The molecule has 0 radical (unpaired) electrons. The van der Waals surface area contributed by atoms with Crippen LogP contribution in [-0.2, 0) is 33.4 Å². The molecule has 0 heterocycles. The van der Waals surface area contributed by atoms with Gasteiger partial charge in [-0.2, -0.15) is 0 Å². The minimum atomic E-state index is -2.35. The van der Waals surface area contributed by atoms with Crippen LogP contribution in [0.3, 0.4) is 0 Å². The van der Waals surface area contributed by atoms with Crippen LogP contribution in [0, 0.1) is 39.4 Å². The fourth-order valence-corrected chi connectivity index (χ4v) is 13.3. The first-order chi connectivity index (χ1) is 32.7. The summed E-state index contributed by atoms with van der Waals surface area (Å²) in [5.74, 6) is -5.16. The van der Waals surface area contributed by atoms with E-state index >= 15 is 4.39 Å². The van der Waals surface area contributed by atoms with Gasteiger partial charge in [0.2, 0.25) is 5.78 Å². The maximum Gasteiger partial charge on any atom is 0.332 e. The summed E-state index contributed by atoms with van der Waals surface area (Å²) >= 11 is 0. The number of carbonyl (C=O) groups excluding carboxylic acids is 5. The topological polar surface area (TPSA) is 104 Å². The Morgan fingerprint density at radius 2 is 1.26 bits per heavy atom. The molecule has 0 amide bonds. The zero-order chi connectivity index (χ0) is 51.6. The van der Waals surface area contributed by atoms with Crippen molar-refractivity contribution in [2.24, 2.45) is 39.4 Å². The molecule has 0 saturated heterocycles. The molecule has 0 unspecified atom stereocenters. The van der Waals surface area contributed by atoms with E-state index < -0.39 is 70.0 Å². The van der Waals surface area contributed by atoms with E-state index in [1.165, 1.54) is 65.5 Å². The van der Waals surface area contributed by atoms with Crippen LogP contribution in [0.15, 0.2) is 141 Å². The molecule has 376 valence electrons. The molecule has 0 N–H and O–H groups in total. The van der Waals surface area contributed by atoms with Crippen LogP contribution in [0.2, 0.25) is 0 Å². The SMILES string of the molecule is CC(C=C/C=C(C)/C=C/C1=C(C)CCCC1(C)C)=CC(=O)O[C@@]1(C(=O)COC(=O)/C=C(C)/C=C/C=C(C)/C=C/C2=C(C)CCCC2(C)C)[C@@H](C)C[C@@H]2[C@@H]3CCC4=CC(=O)C=C[C@]4(C)[C@@]3(F)C(=O)C[C@@]21C. The first-order valence-electron chi connectivity index (χ1n) is 25.6. The number of ketones is 3. The fourth-order valence-electron chi connectivity index (χ4n) is 13.3. The molecule has 0 bridgehead atoms. The standard InChI is InChI=1S/C62H79FO7/c1-40(24-27-49-44(5)22-16-31-57(49,8)9)18-14-20-42(3)34-55(67)69-39-54(66)62(70-56(68)35-43(4)21-15-19-41(2)25-28-50-45(6)23-17-32-58(50,10)11)46(7)36-52-51-29-26-47-37-48(64)30-33-59(47,12)61(51,63)53(65)38-60(52,62)13/h14-15,18-21,24-25,27-28,30,33-35,37,46,51-52H,16-17,22-23,26,29,31-32,36,38-39H2,1-13H3/b20-14+,21-15?,27-24+,28-25+,40-18+,41-19+,42-34+,43-35?/t46-,51-,52+,59-,60-,61-,62+/m0/s1. The maximum absolute atomic E-state index is 18.1. The number of ether oxygens (including phenoxy) is 2. The number of hydrogen-bond acceptors (Lipinski definition) is 7. The van der Waals surface area contributed by atoms with Gasteiger partial charge in [0.05, 0.1) is 0 Å². The highest BCUT2D eigenvalue weighted by Crippen LogP contribution is 2.70. The summed E-state index contributed by atoms with van der Waals surface area (Å²) in [6.45, 7) is 25.7. The van der Waals surface area contributed by atoms with Crippen molar-refractivity contribution in [2.45, 2.75) is 165 Å². The molecule has 6 rings (SSSR count). The second-order valence-corrected chi connectivity index (χ2v) is 23.3. The van der Waals surface area contributed by atoms with Gasteiger partial charge in [0.15, 0.2) is 29.4 Å². The molecule has 0 aromatic rings. The third-order valence-electron chi connectivity index (χ3n) is 17.2. The first-order valence-corrected chi connectivity index (χ1v) is 25.6. The molecule has 0 aromatic heterocycles. The largest absolute Gasteiger partial charge is 0.454 e. The van der Waals surface area contributed by atoms with Crippen LogP contribution in [-0.4, -0.2) is 47.2 Å². The molecule has 0 aromatic carbocycles. The Morgan fingerprint density at radius 3 is 1.79 bits per heavy atom. The number of carbonyl (C=O) groups is 5. The van der Waals surface area contributed by atoms with E-state index in [9.17, 15) is 24.0 Å². The predicted molar refractivity (Wildman–Crippen MR) is 279 cm³/mol. The van der Waals surface area contributed by atoms with Crippen molar-refractivity contribution in [2.75, 3.05) is 6.61 Å². The average molecular weight is 955 g/mol. The molecule has 70 heavy (non-hydrogen) atoms. The zero-order valence-electron chi connectivity index (χ0n) is 44.4. The second kappa shape index (κ2) is 20.8. The zero-order valence-corrected chi connectivity index (χ0v) is 44.4. The van der Waals surface area contributed by atoms with Crippen LogP contribution < -0.4 is 0 Å². The number of fused-ring (bicyclic) bond motifs is 5. The first kappa shape index (κ1) is 54.1. The van der Waals surface area contributed by atoms with Gasteiger partial charge in [-0.1, -0.05) is 136 Å². The van der Waals surface area contributed by atoms with E-state index in [0.717, 1.165) is 36.8 Å². The Labute approximate surface area is 418 Å². The predicted octanol–water partition coefficient (Wildman–Crippen LogP) is 14.3. The minimum absolute atomic E-state index is 0.124. The van der Waals surface area contributed by atoms with Crippen LogP contribution in [0.1, 0.15) is 154 Å². The minimum Gasteiger partial charge on any atom is -0.454 e. The van der Waals surface area contributed by atoms with Crippen LogP contribution >= 0.6 is 0 Å². The van der Waals surface area contributed by atoms with E-state index in [-0.39, 0.29) is 29.5 Å². The Kier molecular flexibility index (Phi) is 16.1. The summed E-state index contributed by atoms with van der Waals surface area (Å²) in [7, 11) is 0. The number of hydrogen-bond donors (Lipinski definition) is 0. The lowest BCUT2D eigenvalue weighted by atomic mass is 9.45. The summed E-state index contributed by atoms with van der Waals surface area (Å²) in [6.07, 6.45) is 34.4. The van der Waals surface area contributed by atoms with Crippen molar-refractivity contribution >= 4 is 29.3 Å². The van der Waals surface area contributed by atoms with Gasteiger partial charge in [0, 0.05) is 41.2 Å². The van der Waals surface area contributed by atoms with Gasteiger partial charge in [-0.25, -0.2) is 14.0 Å². The Morgan fingerprint density at radius 1 is 0.729 bits per heavy atom. The van der Waals surface area contributed by atoms with Crippen molar-refractivity contribution in [1.29, 1.82) is 0 Å². The third-order valence-corrected chi connectivity index (χ3v) is 17.2. The quantitative estimate of drug-likeness (QED) is 0.0970. The van der Waals surface area contributed by atoms with Crippen LogP contribution in [0.5, 0.6) is 0 Å². The molecule has 0 spiro atoms. The Hall–Kier alpha value is -5.24. The van der Waals surface area contributed by atoms with Crippen LogP contribution in [0.25, 0.3) is 0 Å². The molecule has 0 aliphatic heterocycles. The number of alkyl halides is 1. The van der Waals surface area contributed by atoms with Gasteiger partial charge >= 0.3 is 11.9 Å². The number of Topliss-reactive ketones (excluding diaryl/α,β-unsaturated/α-hetero) is 2. The lowest BCUT2D eigenvalue weighted by molar-refractivity contribution is -0.201. The molecule has 3 fully saturated rings. The molecular weight excluding hydrogens is 876 g/mol. The van der Waals surface area contributed by atoms with Crippen LogP contribution in [0.4, 0.5) is 4.39 Å². The summed E-state index contributed by atoms with van der Waals surface area (Å²) in [6, 6.07) is 0. The second-order valence-electron chi connectivity index (χ2n) is 23.3. The molecular formula is C62H79FO7. The van der Waals surface area contributed by atoms with Crippen molar-refractivity contribution in [3.05, 3.63) is 141 Å². The average Bonchev–Trinajstić information content (AvgIpc) is 3.47. The van der Waals surface area contributed by atoms with Gasteiger partial charge < -0.3 is 9.47 Å². The Bertz CT molecular complexity index is 2550. The summed E-state index contributed by atoms with van der Waals surface area (Å²) in [5.41, 5.74) is 2.76. The molecule has 7 nitrogen and oxygen atoms in total. The molecule has 8 heteroatoms. The molecule has 7 atom stereocenters. The fraction of sp³-hybridized carbons (Fsp3) is 0.532. The van der Waals surface area contributed by atoms with E-state index in [2.05, 4.69) is 65.8 Å². The van der Waals surface area contributed by atoms with Crippen molar-refractivity contribution in [3.8, 4) is 0 Å². The summed E-state index contributed by atoms with van der Waals surface area (Å²) in [5, 5.41) is 0. The number of halogens is 1. The molecule has 6 aliphatic carbocycles. The maximum atomic E-state index is 18.1. The number of esters is 2. The van der Waals surface area contributed by atoms with Gasteiger partial charge in [-0.05, 0) is 157 Å². The van der Waals surface area contributed by atoms with Crippen molar-refractivity contribution in [3.63, 3.8) is 0 Å². The van der Waals surface area contributed by atoms with E-state index in [1.807, 2.05) is 38.2 Å². The van der Waals surface area contributed by atoms with E-state index in [1.54, 1.807) is 46.8 Å². The van der Waals surface area contributed by atoms with Crippen molar-refractivity contribution < 1.29 is 37.8 Å². The monoisotopic (exact) mass is 955 g/mol. The normalized spacial score (nSPS) is 32.8. The summed E-state index contributed by atoms with van der Waals surface area (Å²) < 4.78 is 30.1. The van der Waals surface area contributed by atoms with E-state index in [0.29, 0.717) is 29.6 Å². The third kappa shape index (κ3) is 10.5. The Balaban J connectivity index is 1.23. The van der Waals surface area contributed by atoms with Crippen molar-refractivity contribution in [1.82, 2.24) is 0 Å². The number of rotatable bonds is 14. The molecule has 6 aliphatic rings. The molecule has 3 saturated carbocycles. The van der Waals surface area contributed by atoms with E-state index in [4.69, 9.17) is 9.47 Å².